The summed E-state index contributed by atoms with van der Waals surface area (Å²) in [5, 5.41) is 20.1. The van der Waals surface area contributed by atoms with Gasteiger partial charge in [0.1, 0.15) is 11.3 Å². The third-order valence-electron chi connectivity index (χ3n) is 4.35. The number of carbonyl (C=O) groups is 1. The first-order chi connectivity index (χ1) is 14.4. The van der Waals surface area contributed by atoms with E-state index in [0.717, 1.165) is 17.1 Å². The van der Waals surface area contributed by atoms with Crippen LogP contribution in [0.25, 0.3) is 0 Å². The SMILES string of the molecule is CC(C)c1ccccc1OC(C)c1nnc(SCC(=O)Nc2nncs2)n1C(C)C. The zero-order chi connectivity index (χ0) is 21.7. The fourth-order valence-electron chi connectivity index (χ4n) is 2.97. The quantitative estimate of drug-likeness (QED) is 0.476. The Morgan fingerprint density at radius 2 is 1.93 bits per heavy atom. The molecule has 3 aromatic rings. The summed E-state index contributed by atoms with van der Waals surface area (Å²) >= 11 is 2.62. The molecule has 1 atom stereocenters. The van der Waals surface area contributed by atoms with Crippen LogP contribution in [0.4, 0.5) is 5.13 Å². The fraction of sp³-hybridized carbons (Fsp3) is 0.450. The van der Waals surface area contributed by atoms with Gasteiger partial charge in [0.25, 0.3) is 0 Å². The molecule has 160 valence electrons. The molecule has 0 aliphatic carbocycles. The van der Waals surface area contributed by atoms with Crippen molar-refractivity contribution in [1.82, 2.24) is 25.0 Å². The molecule has 0 bridgehead atoms. The molecule has 0 fully saturated rings. The van der Waals surface area contributed by atoms with Crippen molar-refractivity contribution in [3.63, 3.8) is 0 Å². The third kappa shape index (κ3) is 5.37. The Morgan fingerprint density at radius 1 is 1.17 bits per heavy atom. The number of hydrogen-bond acceptors (Lipinski definition) is 8. The molecule has 0 saturated heterocycles. The molecule has 0 aliphatic rings. The van der Waals surface area contributed by atoms with Gasteiger partial charge in [0.15, 0.2) is 17.1 Å². The third-order valence-corrected chi connectivity index (χ3v) is 5.90. The van der Waals surface area contributed by atoms with E-state index < -0.39 is 0 Å². The van der Waals surface area contributed by atoms with Crippen LogP contribution in [0.3, 0.4) is 0 Å². The number of carbonyl (C=O) groups excluding carboxylic acids is 1. The zero-order valence-corrected chi connectivity index (χ0v) is 19.3. The molecular weight excluding hydrogens is 420 g/mol. The first-order valence-electron chi connectivity index (χ1n) is 9.76. The van der Waals surface area contributed by atoms with Crippen LogP contribution in [0.1, 0.15) is 64.1 Å². The highest BCUT2D eigenvalue weighted by atomic mass is 32.2. The highest BCUT2D eigenvalue weighted by Gasteiger charge is 2.23. The number of hydrogen-bond donors (Lipinski definition) is 1. The number of aromatic nitrogens is 5. The lowest BCUT2D eigenvalue weighted by atomic mass is 10.0. The van der Waals surface area contributed by atoms with E-state index in [2.05, 4.69) is 59.5 Å². The Labute approximate surface area is 184 Å². The second-order valence-corrected chi connectivity index (χ2v) is 9.11. The van der Waals surface area contributed by atoms with Crippen molar-refractivity contribution >= 4 is 34.1 Å². The van der Waals surface area contributed by atoms with Crippen molar-refractivity contribution in [3.8, 4) is 5.75 Å². The lowest BCUT2D eigenvalue weighted by Gasteiger charge is -2.21. The molecule has 1 unspecified atom stereocenters. The van der Waals surface area contributed by atoms with Crippen LogP contribution in [0.15, 0.2) is 34.9 Å². The number of para-hydroxylation sites is 1. The maximum absolute atomic E-state index is 12.2. The van der Waals surface area contributed by atoms with E-state index in [9.17, 15) is 4.79 Å². The van der Waals surface area contributed by atoms with Gasteiger partial charge >= 0.3 is 0 Å². The van der Waals surface area contributed by atoms with E-state index in [1.54, 1.807) is 5.51 Å². The fourth-order valence-corrected chi connectivity index (χ4v) is 4.31. The van der Waals surface area contributed by atoms with Gasteiger partial charge < -0.3 is 9.30 Å². The Hall–Kier alpha value is -2.46. The molecule has 0 spiro atoms. The number of nitrogens with zero attached hydrogens (tertiary/aromatic N) is 5. The van der Waals surface area contributed by atoms with Crippen LogP contribution in [-0.2, 0) is 4.79 Å². The molecule has 0 saturated carbocycles. The summed E-state index contributed by atoms with van der Waals surface area (Å²) < 4.78 is 8.29. The maximum Gasteiger partial charge on any atom is 0.236 e. The van der Waals surface area contributed by atoms with Gasteiger partial charge in [0.05, 0.1) is 5.75 Å². The maximum atomic E-state index is 12.2. The molecule has 0 aliphatic heterocycles. The predicted octanol–water partition coefficient (Wildman–Crippen LogP) is 4.70. The smallest absolute Gasteiger partial charge is 0.236 e. The summed E-state index contributed by atoms with van der Waals surface area (Å²) in [5.74, 6) is 1.98. The van der Waals surface area contributed by atoms with Crippen molar-refractivity contribution in [2.45, 2.75) is 57.8 Å². The highest BCUT2D eigenvalue weighted by Crippen LogP contribution is 2.31. The molecule has 1 amide bonds. The van der Waals surface area contributed by atoms with E-state index in [0.29, 0.717) is 16.2 Å². The summed E-state index contributed by atoms with van der Waals surface area (Å²) in [6.45, 7) is 10.4. The largest absolute Gasteiger partial charge is 0.482 e. The van der Waals surface area contributed by atoms with Crippen LogP contribution >= 0.6 is 23.1 Å². The van der Waals surface area contributed by atoms with Crippen molar-refractivity contribution in [3.05, 3.63) is 41.2 Å². The summed E-state index contributed by atoms with van der Waals surface area (Å²) in [4.78, 5) is 12.2. The molecule has 10 heteroatoms. The van der Waals surface area contributed by atoms with Gasteiger partial charge in [-0.2, -0.15) is 0 Å². The van der Waals surface area contributed by atoms with E-state index in [4.69, 9.17) is 4.74 Å². The van der Waals surface area contributed by atoms with Crippen molar-refractivity contribution < 1.29 is 9.53 Å². The Morgan fingerprint density at radius 3 is 2.60 bits per heavy atom. The van der Waals surface area contributed by atoms with Crippen LogP contribution in [0.5, 0.6) is 5.75 Å². The summed E-state index contributed by atoms with van der Waals surface area (Å²) in [6, 6.07) is 8.17. The summed E-state index contributed by atoms with van der Waals surface area (Å²) in [7, 11) is 0. The Bertz CT molecular complexity index is 972. The molecule has 2 heterocycles. The van der Waals surface area contributed by atoms with E-state index >= 15 is 0 Å². The monoisotopic (exact) mass is 446 g/mol. The molecule has 8 nitrogen and oxygen atoms in total. The molecule has 1 aromatic carbocycles. The zero-order valence-electron chi connectivity index (χ0n) is 17.7. The first kappa shape index (κ1) is 22.2. The second-order valence-electron chi connectivity index (χ2n) is 7.34. The van der Waals surface area contributed by atoms with E-state index in [1.165, 1.54) is 23.1 Å². The van der Waals surface area contributed by atoms with Gasteiger partial charge in [0, 0.05) is 6.04 Å². The lowest BCUT2D eigenvalue weighted by molar-refractivity contribution is -0.113. The van der Waals surface area contributed by atoms with Crippen molar-refractivity contribution in [2.24, 2.45) is 0 Å². The molecular formula is C20H26N6O2S2. The second kappa shape index (κ2) is 10.0. The molecule has 1 N–H and O–H groups in total. The standard InChI is InChI=1S/C20H26N6O2S2/c1-12(2)15-8-6-7-9-16(15)28-14(5)18-23-25-20(26(18)13(3)4)29-10-17(27)22-19-24-21-11-30-19/h6-9,11-14H,10H2,1-5H3,(H,22,24,27). The minimum absolute atomic E-state index is 0.120. The summed E-state index contributed by atoms with van der Waals surface area (Å²) in [6.07, 6.45) is -0.288. The van der Waals surface area contributed by atoms with E-state index in [-0.39, 0.29) is 23.8 Å². The minimum Gasteiger partial charge on any atom is -0.482 e. The molecule has 30 heavy (non-hydrogen) atoms. The Balaban J connectivity index is 1.73. The average molecular weight is 447 g/mol. The number of ether oxygens (including phenoxy) is 1. The van der Waals surface area contributed by atoms with Crippen LogP contribution in [-0.4, -0.2) is 36.6 Å². The number of anilines is 1. The average Bonchev–Trinajstić information content (AvgIpc) is 3.36. The van der Waals surface area contributed by atoms with E-state index in [1.807, 2.05) is 29.7 Å². The number of nitrogens with one attached hydrogen (secondary N) is 1. The number of benzene rings is 1. The Kier molecular flexibility index (Phi) is 7.43. The van der Waals surface area contributed by atoms with Gasteiger partial charge in [-0.1, -0.05) is 55.1 Å². The minimum atomic E-state index is -0.288. The van der Waals surface area contributed by atoms with Gasteiger partial charge in [-0.05, 0) is 38.3 Å². The van der Waals surface area contributed by atoms with Crippen LogP contribution in [0, 0.1) is 0 Å². The molecule has 3 rings (SSSR count). The predicted molar refractivity (Wildman–Crippen MR) is 119 cm³/mol. The highest BCUT2D eigenvalue weighted by molar-refractivity contribution is 7.99. The lowest BCUT2D eigenvalue weighted by Crippen LogP contribution is -2.17. The molecule has 0 radical (unpaired) electrons. The van der Waals surface area contributed by atoms with Gasteiger partial charge in [-0.3, -0.25) is 10.1 Å². The number of rotatable bonds is 9. The van der Waals surface area contributed by atoms with Gasteiger partial charge in [0.2, 0.25) is 11.0 Å². The van der Waals surface area contributed by atoms with Crippen LogP contribution in [0.2, 0.25) is 0 Å². The van der Waals surface area contributed by atoms with Crippen LogP contribution < -0.4 is 10.1 Å². The van der Waals surface area contributed by atoms with Crippen molar-refractivity contribution in [1.29, 1.82) is 0 Å². The first-order valence-corrected chi connectivity index (χ1v) is 11.6. The number of thioether (sulfide) groups is 1. The van der Waals surface area contributed by atoms with Gasteiger partial charge in [-0.25, -0.2) is 0 Å². The van der Waals surface area contributed by atoms with Gasteiger partial charge in [-0.15, -0.1) is 20.4 Å². The number of amides is 1. The molecule has 2 aromatic heterocycles. The normalized spacial score (nSPS) is 12.4. The topological polar surface area (TPSA) is 94.8 Å². The van der Waals surface area contributed by atoms with Crippen molar-refractivity contribution in [2.75, 3.05) is 11.1 Å². The summed E-state index contributed by atoms with van der Waals surface area (Å²) in [5.41, 5.74) is 2.73.